The largest absolute Gasteiger partial charge is 0.488 e. The Kier molecular flexibility index (Phi) is 2.65. The Morgan fingerprint density at radius 1 is 1.38 bits per heavy atom. The molecule has 5 heteroatoms. The van der Waals surface area contributed by atoms with Crippen molar-refractivity contribution in [1.29, 1.82) is 0 Å². The predicted molar refractivity (Wildman–Crippen MR) is 84.2 cm³/mol. The highest BCUT2D eigenvalue weighted by molar-refractivity contribution is 7.22. The third-order valence-electron chi connectivity index (χ3n) is 3.88. The number of pyridine rings is 2. The van der Waals surface area contributed by atoms with E-state index in [1.807, 2.05) is 19.1 Å². The fraction of sp³-hybridized carbons (Fsp3) is 0.250. The molecule has 3 aromatic heterocycles. The van der Waals surface area contributed by atoms with E-state index in [0.29, 0.717) is 0 Å². The SMILES string of the molecule is Cc1[nH]c(=O)c2sc(-c3ccncc3)c3c2c1CC(C)O3. The minimum Gasteiger partial charge on any atom is -0.488 e. The monoisotopic (exact) mass is 298 g/mol. The molecule has 0 amide bonds. The Labute approximate surface area is 125 Å². The molecular formula is C16H14N2O2S. The van der Waals surface area contributed by atoms with E-state index in [-0.39, 0.29) is 11.7 Å². The van der Waals surface area contributed by atoms with E-state index in [9.17, 15) is 4.79 Å². The zero-order valence-corrected chi connectivity index (χ0v) is 12.6. The molecule has 4 rings (SSSR count). The zero-order chi connectivity index (χ0) is 14.6. The molecule has 106 valence electrons. The van der Waals surface area contributed by atoms with E-state index in [0.717, 1.165) is 38.4 Å². The molecule has 3 aromatic rings. The molecule has 0 bridgehead atoms. The summed E-state index contributed by atoms with van der Waals surface area (Å²) in [4.78, 5) is 20.3. The number of ether oxygens (including phenoxy) is 1. The van der Waals surface area contributed by atoms with Crippen LogP contribution in [0.5, 0.6) is 5.75 Å². The molecular weight excluding hydrogens is 284 g/mol. The molecule has 0 saturated heterocycles. The molecule has 1 unspecified atom stereocenters. The van der Waals surface area contributed by atoms with Crippen LogP contribution in [0.25, 0.3) is 20.5 Å². The van der Waals surface area contributed by atoms with Crippen molar-refractivity contribution in [2.24, 2.45) is 0 Å². The van der Waals surface area contributed by atoms with Crippen molar-refractivity contribution in [2.75, 3.05) is 0 Å². The Morgan fingerprint density at radius 3 is 2.90 bits per heavy atom. The van der Waals surface area contributed by atoms with Gasteiger partial charge in [-0.25, -0.2) is 0 Å². The number of thiophene rings is 1. The van der Waals surface area contributed by atoms with Crippen LogP contribution in [-0.2, 0) is 6.42 Å². The van der Waals surface area contributed by atoms with Gasteiger partial charge in [-0.05, 0) is 37.1 Å². The van der Waals surface area contributed by atoms with Crippen LogP contribution < -0.4 is 10.3 Å². The average Bonchev–Trinajstić information content (AvgIpc) is 2.86. The average molecular weight is 298 g/mol. The molecule has 0 fully saturated rings. The van der Waals surface area contributed by atoms with Gasteiger partial charge in [-0.3, -0.25) is 9.78 Å². The van der Waals surface area contributed by atoms with E-state index in [1.165, 1.54) is 16.9 Å². The van der Waals surface area contributed by atoms with Crippen LogP contribution in [0.1, 0.15) is 18.2 Å². The van der Waals surface area contributed by atoms with Gasteiger partial charge in [0.25, 0.3) is 5.56 Å². The number of aryl methyl sites for hydroxylation is 1. The van der Waals surface area contributed by atoms with Crippen molar-refractivity contribution in [3.8, 4) is 16.2 Å². The van der Waals surface area contributed by atoms with Crippen molar-refractivity contribution in [1.82, 2.24) is 9.97 Å². The Morgan fingerprint density at radius 2 is 2.14 bits per heavy atom. The number of hydrogen-bond donors (Lipinski definition) is 1. The molecule has 1 atom stereocenters. The molecule has 1 aliphatic heterocycles. The van der Waals surface area contributed by atoms with E-state index in [4.69, 9.17) is 4.74 Å². The number of nitrogens with zero attached hydrogens (tertiary/aromatic N) is 1. The fourth-order valence-electron chi connectivity index (χ4n) is 2.93. The van der Waals surface area contributed by atoms with Gasteiger partial charge < -0.3 is 9.72 Å². The Hall–Kier alpha value is -2.14. The standard InChI is InChI=1S/C16H14N2O2S/c1-8-7-11-9(2)18-16(19)15-12(11)13(20-8)14(21-15)10-3-5-17-6-4-10/h3-6,8H,7H2,1-2H3,(H,18,19). The Balaban J connectivity index is 2.12. The predicted octanol–water partition coefficient (Wildman–Crippen LogP) is 3.28. The van der Waals surface area contributed by atoms with Crippen LogP contribution >= 0.6 is 11.3 Å². The van der Waals surface area contributed by atoms with E-state index in [2.05, 4.69) is 16.9 Å². The minimum absolute atomic E-state index is 0.0315. The van der Waals surface area contributed by atoms with E-state index < -0.39 is 0 Å². The molecule has 4 nitrogen and oxygen atoms in total. The summed E-state index contributed by atoms with van der Waals surface area (Å²) >= 11 is 1.50. The first-order valence-corrected chi connectivity index (χ1v) is 7.72. The lowest BCUT2D eigenvalue weighted by atomic mass is 9.99. The first-order valence-electron chi connectivity index (χ1n) is 6.90. The third-order valence-corrected chi connectivity index (χ3v) is 5.10. The second-order valence-electron chi connectivity index (χ2n) is 5.39. The minimum atomic E-state index is -0.0315. The van der Waals surface area contributed by atoms with Crippen molar-refractivity contribution >= 4 is 21.4 Å². The lowest BCUT2D eigenvalue weighted by molar-refractivity contribution is 0.219. The molecule has 0 aliphatic carbocycles. The summed E-state index contributed by atoms with van der Waals surface area (Å²) in [5, 5.41) is 0.992. The number of rotatable bonds is 1. The molecule has 0 radical (unpaired) electrons. The van der Waals surface area contributed by atoms with E-state index >= 15 is 0 Å². The van der Waals surface area contributed by atoms with Gasteiger partial charge in [0.2, 0.25) is 0 Å². The number of aromatic nitrogens is 2. The van der Waals surface area contributed by atoms with Gasteiger partial charge in [0.1, 0.15) is 16.6 Å². The van der Waals surface area contributed by atoms with Crippen molar-refractivity contribution in [3.63, 3.8) is 0 Å². The maximum Gasteiger partial charge on any atom is 0.266 e. The maximum atomic E-state index is 12.3. The lowest BCUT2D eigenvalue weighted by Gasteiger charge is -2.23. The molecule has 1 N–H and O–H groups in total. The topological polar surface area (TPSA) is 55.0 Å². The van der Waals surface area contributed by atoms with E-state index in [1.54, 1.807) is 12.4 Å². The molecule has 1 aliphatic rings. The van der Waals surface area contributed by atoms with Crippen LogP contribution in [0.3, 0.4) is 0 Å². The van der Waals surface area contributed by atoms with Crippen molar-refractivity contribution in [3.05, 3.63) is 46.1 Å². The Bertz CT molecular complexity index is 896. The number of hydrogen-bond acceptors (Lipinski definition) is 4. The van der Waals surface area contributed by atoms with Gasteiger partial charge in [-0.2, -0.15) is 0 Å². The molecule has 0 spiro atoms. The second kappa shape index (κ2) is 4.43. The first-order chi connectivity index (χ1) is 10.1. The summed E-state index contributed by atoms with van der Waals surface area (Å²) in [5.41, 5.74) is 3.16. The maximum absolute atomic E-state index is 12.3. The molecule has 0 saturated carbocycles. The van der Waals surface area contributed by atoms with Crippen LogP contribution in [0.4, 0.5) is 0 Å². The van der Waals surface area contributed by atoms with Crippen molar-refractivity contribution < 1.29 is 4.74 Å². The van der Waals surface area contributed by atoms with Gasteiger partial charge in [-0.15, -0.1) is 11.3 Å². The number of nitrogens with one attached hydrogen (secondary N) is 1. The van der Waals surface area contributed by atoms with Gasteiger partial charge in [-0.1, -0.05) is 0 Å². The summed E-state index contributed by atoms with van der Waals surface area (Å²) in [6.45, 7) is 4.02. The second-order valence-corrected chi connectivity index (χ2v) is 6.41. The normalized spacial score (nSPS) is 17.0. The quantitative estimate of drug-likeness (QED) is 0.750. The van der Waals surface area contributed by atoms with Gasteiger partial charge >= 0.3 is 0 Å². The molecule has 21 heavy (non-hydrogen) atoms. The third kappa shape index (κ3) is 1.81. The smallest absolute Gasteiger partial charge is 0.266 e. The highest BCUT2D eigenvalue weighted by Gasteiger charge is 2.27. The zero-order valence-electron chi connectivity index (χ0n) is 11.8. The van der Waals surface area contributed by atoms with Crippen LogP contribution in [-0.4, -0.2) is 16.1 Å². The highest BCUT2D eigenvalue weighted by atomic mass is 32.1. The number of aromatic amines is 1. The molecule has 0 aromatic carbocycles. The van der Waals surface area contributed by atoms with Gasteiger partial charge in [0.05, 0.1) is 4.88 Å². The lowest BCUT2D eigenvalue weighted by Crippen LogP contribution is -2.22. The summed E-state index contributed by atoms with van der Waals surface area (Å²) in [5.74, 6) is 0.851. The van der Waals surface area contributed by atoms with Crippen LogP contribution in [0.2, 0.25) is 0 Å². The van der Waals surface area contributed by atoms with Crippen LogP contribution in [0.15, 0.2) is 29.3 Å². The van der Waals surface area contributed by atoms with Gasteiger partial charge in [0, 0.05) is 29.9 Å². The fourth-order valence-corrected chi connectivity index (χ4v) is 4.09. The van der Waals surface area contributed by atoms with Crippen molar-refractivity contribution in [2.45, 2.75) is 26.4 Å². The molecule has 4 heterocycles. The highest BCUT2D eigenvalue weighted by Crippen LogP contribution is 2.47. The van der Waals surface area contributed by atoms with Crippen LogP contribution in [0, 0.1) is 6.92 Å². The van der Waals surface area contributed by atoms with Gasteiger partial charge in [0.15, 0.2) is 0 Å². The summed E-state index contributed by atoms with van der Waals surface area (Å²) in [6, 6.07) is 3.90. The first kappa shape index (κ1) is 12.6. The summed E-state index contributed by atoms with van der Waals surface area (Å²) in [6.07, 6.45) is 4.46. The summed E-state index contributed by atoms with van der Waals surface area (Å²) < 4.78 is 6.83. The summed E-state index contributed by atoms with van der Waals surface area (Å²) in [7, 11) is 0. The number of H-pyrrole nitrogens is 1.